The van der Waals surface area contributed by atoms with Crippen LogP contribution in [0.5, 0.6) is 0 Å². The van der Waals surface area contributed by atoms with Gasteiger partial charge in [-0.1, -0.05) is 30.5 Å². The van der Waals surface area contributed by atoms with E-state index < -0.39 is 0 Å². The Morgan fingerprint density at radius 3 is 2.62 bits per heavy atom. The van der Waals surface area contributed by atoms with Crippen molar-refractivity contribution in [2.75, 3.05) is 0 Å². The van der Waals surface area contributed by atoms with Crippen LogP contribution in [0.3, 0.4) is 0 Å². The maximum Gasteiger partial charge on any atom is 0.170 e. The lowest BCUT2D eigenvalue weighted by atomic mass is 9.99. The molecule has 5 rings (SSSR count). The Bertz CT molecular complexity index is 998. The molecule has 1 saturated heterocycles. The normalized spacial score (nSPS) is 22.2. The predicted octanol–water partition coefficient (Wildman–Crippen LogP) is 4.84. The molecule has 0 radical (unpaired) electrons. The number of hydrogen-bond donors (Lipinski definition) is 1. The molecular weight excluding hydrogens is 402 g/mol. The van der Waals surface area contributed by atoms with Gasteiger partial charge >= 0.3 is 0 Å². The van der Waals surface area contributed by atoms with Crippen molar-refractivity contribution in [2.45, 2.75) is 43.8 Å². The fourth-order valence-electron chi connectivity index (χ4n) is 4.61. The summed E-state index contributed by atoms with van der Waals surface area (Å²) in [7, 11) is 0. The molecule has 0 spiro atoms. The van der Waals surface area contributed by atoms with Crippen molar-refractivity contribution in [3.05, 3.63) is 77.5 Å². The van der Waals surface area contributed by atoms with E-state index in [4.69, 9.17) is 23.8 Å². The summed E-state index contributed by atoms with van der Waals surface area (Å²) in [5, 5.41) is 5.01. The molecule has 3 aromatic rings. The first-order valence-electron chi connectivity index (χ1n) is 10.0. The van der Waals surface area contributed by atoms with Crippen LogP contribution in [0, 0.1) is 0 Å². The van der Waals surface area contributed by atoms with Crippen molar-refractivity contribution in [2.24, 2.45) is 0 Å². The number of thiocarbonyl (C=S) groups is 1. The molecule has 0 bridgehead atoms. The van der Waals surface area contributed by atoms with Crippen LogP contribution in [0.15, 0.2) is 61.1 Å². The first kappa shape index (κ1) is 18.6. The summed E-state index contributed by atoms with van der Waals surface area (Å²) >= 11 is 11.9. The number of aromatic nitrogens is 3. The molecule has 2 atom stereocenters. The van der Waals surface area contributed by atoms with Crippen molar-refractivity contribution in [1.29, 1.82) is 0 Å². The van der Waals surface area contributed by atoms with Crippen molar-refractivity contribution < 1.29 is 0 Å². The highest BCUT2D eigenvalue weighted by atomic mass is 35.5. The topological polar surface area (TPSA) is 46.0 Å². The third kappa shape index (κ3) is 3.40. The van der Waals surface area contributed by atoms with Crippen LogP contribution < -0.4 is 5.32 Å². The largest absolute Gasteiger partial charge is 0.352 e. The van der Waals surface area contributed by atoms with Gasteiger partial charge in [-0.15, -0.1) is 0 Å². The number of pyridine rings is 2. The van der Waals surface area contributed by atoms with E-state index in [2.05, 4.69) is 49.1 Å². The minimum Gasteiger partial charge on any atom is -0.352 e. The first-order valence-corrected chi connectivity index (χ1v) is 10.8. The van der Waals surface area contributed by atoms with E-state index in [1.54, 1.807) is 6.20 Å². The van der Waals surface area contributed by atoms with Gasteiger partial charge in [-0.05, 0) is 61.5 Å². The van der Waals surface area contributed by atoms with Gasteiger partial charge in [0, 0.05) is 30.3 Å². The quantitative estimate of drug-likeness (QED) is 0.608. The Labute approximate surface area is 180 Å². The van der Waals surface area contributed by atoms with E-state index >= 15 is 0 Å². The summed E-state index contributed by atoms with van der Waals surface area (Å²) in [6.45, 7) is 0. The molecule has 3 aromatic heterocycles. The summed E-state index contributed by atoms with van der Waals surface area (Å²) < 4.78 is 2.13. The third-order valence-electron chi connectivity index (χ3n) is 5.90. The van der Waals surface area contributed by atoms with E-state index in [0.717, 1.165) is 22.3 Å². The van der Waals surface area contributed by atoms with Gasteiger partial charge in [0.25, 0.3) is 0 Å². The molecule has 2 unspecified atom stereocenters. The minimum atomic E-state index is -0.00903. The van der Waals surface area contributed by atoms with E-state index in [1.165, 1.54) is 25.7 Å². The van der Waals surface area contributed by atoms with Crippen molar-refractivity contribution in [3.8, 4) is 5.82 Å². The Morgan fingerprint density at radius 1 is 1.03 bits per heavy atom. The van der Waals surface area contributed by atoms with Gasteiger partial charge in [-0.2, -0.15) is 0 Å². The van der Waals surface area contributed by atoms with Gasteiger partial charge in [0.1, 0.15) is 5.82 Å². The number of nitrogens with zero attached hydrogens (tertiary/aromatic N) is 4. The molecule has 0 aromatic carbocycles. The van der Waals surface area contributed by atoms with E-state index in [9.17, 15) is 0 Å². The second kappa shape index (κ2) is 7.76. The molecule has 148 valence electrons. The van der Waals surface area contributed by atoms with Gasteiger partial charge in [0.2, 0.25) is 0 Å². The Morgan fingerprint density at radius 2 is 1.90 bits per heavy atom. The maximum atomic E-state index is 6.06. The number of rotatable bonds is 4. The summed E-state index contributed by atoms with van der Waals surface area (Å²) in [5.41, 5.74) is 2.15. The number of halogens is 1. The molecular formula is C22H22ClN5S. The zero-order chi connectivity index (χ0) is 19.8. The smallest absolute Gasteiger partial charge is 0.170 e. The Kier molecular flexibility index (Phi) is 4.97. The van der Waals surface area contributed by atoms with Gasteiger partial charge in [0.15, 0.2) is 5.11 Å². The summed E-state index contributed by atoms with van der Waals surface area (Å²) in [6.07, 6.45) is 10.4. The molecule has 7 heteroatoms. The van der Waals surface area contributed by atoms with Crippen molar-refractivity contribution in [1.82, 2.24) is 24.8 Å². The molecule has 29 heavy (non-hydrogen) atoms. The Balaban J connectivity index is 1.61. The van der Waals surface area contributed by atoms with Gasteiger partial charge in [0.05, 0.1) is 22.8 Å². The molecule has 0 amide bonds. The highest BCUT2D eigenvalue weighted by Gasteiger charge is 2.44. The molecule has 2 aliphatic rings. The zero-order valence-corrected chi connectivity index (χ0v) is 17.5. The fourth-order valence-corrected chi connectivity index (χ4v) is 5.11. The molecule has 1 aliphatic heterocycles. The summed E-state index contributed by atoms with van der Waals surface area (Å²) in [6, 6.07) is 14.6. The average Bonchev–Trinajstić information content (AvgIpc) is 3.48. The second-order valence-corrected chi connectivity index (χ2v) is 8.43. The lowest BCUT2D eigenvalue weighted by Crippen LogP contribution is -2.38. The first-order chi connectivity index (χ1) is 14.2. The van der Waals surface area contributed by atoms with Crippen LogP contribution in [0.25, 0.3) is 5.82 Å². The minimum absolute atomic E-state index is 0.00903. The van der Waals surface area contributed by atoms with Crippen LogP contribution in [0.1, 0.15) is 49.2 Å². The van der Waals surface area contributed by atoms with E-state index in [-0.39, 0.29) is 12.1 Å². The molecule has 1 aliphatic carbocycles. The van der Waals surface area contributed by atoms with Crippen molar-refractivity contribution in [3.63, 3.8) is 0 Å². The SMILES string of the molecule is S=C1NC(c2ccccn2)C(c2cccn2-c2ccc(Cl)cn2)N1C1CCCC1. The molecule has 4 heterocycles. The molecule has 5 nitrogen and oxygen atoms in total. The number of hydrogen-bond acceptors (Lipinski definition) is 3. The highest BCUT2D eigenvalue weighted by molar-refractivity contribution is 7.80. The van der Waals surface area contributed by atoms with Gasteiger partial charge in [-0.3, -0.25) is 4.98 Å². The monoisotopic (exact) mass is 423 g/mol. The van der Waals surface area contributed by atoms with E-state index in [1.807, 2.05) is 30.5 Å². The Hall–Kier alpha value is -2.44. The fraction of sp³-hybridized carbons (Fsp3) is 0.318. The molecule has 2 fully saturated rings. The van der Waals surface area contributed by atoms with Gasteiger partial charge in [-0.25, -0.2) is 4.98 Å². The summed E-state index contributed by atoms with van der Waals surface area (Å²) in [4.78, 5) is 11.6. The average molecular weight is 424 g/mol. The van der Waals surface area contributed by atoms with Crippen LogP contribution in [0.4, 0.5) is 0 Å². The lowest BCUT2D eigenvalue weighted by molar-refractivity contribution is 0.239. The molecule has 1 saturated carbocycles. The molecule has 1 N–H and O–H groups in total. The van der Waals surface area contributed by atoms with Crippen LogP contribution >= 0.6 is 23.8 Å². The van der Waals surface area contributed by atoms with Crippen LogP contribution in [0.2, 0.25) is 5.02 Å². The van der Waals surface area contributed by atoms with E-state index in [0.29, 0.717) is 11.1 Å². The van der Waals surface area contributed by atoms with Crippen LogP contribution in [-0.2, 0) is 0 Å². The predicted molar refractivity (Wildman–Crippen MR) is 118 cm³/mol. The van der Waals surface area contributed by atoms with Gasteiger partial charge < -0.3 is 14.8 Å². The van der Waals surface area contributed by atoms with Crippen LogP contribution in [-0.4, -0.2) is 30.6 Å². The summed E-state index contributed by atoms with van der Waals surface area (Å²) in [5.74, 6) is 0.846. The van der Waals surface area contributed by atoms with Crippen molar-refractivity contribution >= 4 is 28.9 Å². The second-order valence-electron chi connectivity index (χ2n) is 7.61. The zero-order valence-electron chi connectivity index (χ0n) is 15.9. The highest BCUT2D eigenvalue weighted by Crippen LogP contribution is 2.43. The number of nitrogens with one attached hydrogen (secondary N) is 1. The lowest BCUT2D eigenvalue weighted by Gasteiger charge is -2.33. The standard InChI is InChI=1S/C22H22ClN5S/c23-15-10-11-19(25-14-15)27-13-5-9-18(27)21-20(17-8-3-4-12-24-17)26-22(29)28(21)16-6-1-2-7-16/h3-5,8-14,16,20-21H,1-2,6-7H2,(H,26,29). The third-order valence-corrected chi connectivity index (χ3v) is 6.45. The maximum absolute atomic E-state index is 6.06.